The third-order valence-electron chi connectivity index (χ3n) is 4.34. The zero-order valence-electron chi connectivity index (χ0n) is 13.8. The van der Waals surface area contributed by atoms with Gasteiger partial charge in [0.2, 0.25) is 0 Å². The predicted octanol–water partition coefficient (Wildman–Crippen LogP) is 5.43. The lowest BCUT2D eigenvalue weighted by Gasteiger charge is -2.07. The summed E-state index contributed by atoms with van der Waals surface area (Å²) in [6.07, 6.45) is 0. The number of ether oxygens (including phenoxy) is 2. The van der Waals surface area contributed by atoms with Crippen molar-refractivity contribution in [2.75, 3.05) is 13.2 Å². The Balaban J connectivity index is 1.53. The van der Waals surface area contributed by atoms with Crippen molar-refractivity contribution in [1.29, 1.82) is 0 Å². The summed E-state index contributed by atoms with van der Waals surface area (Å²) >= 11 is 24.4. The van der Waals surface area contributed by atoms with Crippen molar-refractivity contribution in [2.45, 2.75) is 4.33 Å². The van der Waals surface area contributed by atoms with Crippen LogP contribution in [0.3, 0.4) is 0 Å². The molecular formula is C19H14Cl4O4. The van der Waals surface area contributed by atoms with Gasteiger partial charge in [-0.3, -0.25) is 0 Å². The standard InChI is InChI=1S/C19H14Cl4O4/c20-15-7-3-1-5-11(15)17(24)26-9-13-14(19(13,22)23)10-27-18(25)12-6-2-4-8-16(12)21/h1-8,13-14H,9-10H2/t13-,14+. The largest absolute Gasteiger partial charge is 0.462 e. The van der Waals surface area contributed by atoms with Crippen molar-refractivity contribution in [3.05, 3.63) is 69.7 Å². The van der Waals surface area contributed by atoms with E-state index in [1.807, 2.05) is 0 Å². The Hall–Kier alpha value is -1.46. The molecule has 142 valence electrons. The average molecular weight is 448 g/mol. The average Bonchev–Trinajstić information content (AvgIpc) is 3.17. The zero-order chi connectivity index (χ0) is 19.6. The Morgan fingerprint density at radius 3 is 1.52 bits per heavy atom. The van der Waals surface area contributed by atoms with Crippen molar-refractivity contribution in [3.8, 4) is 0 Å². The van der Waals surface area contributed by atoms with E-state index in [9.17, 15) is 9.59 Å². The van der Waals surface area contributed by atoms with E-state index >= 15 is 0 Å². The van der Waals surface area contributed by atoms with E-state index in [4.69, 9.17) is 55.9 Å². The molecule has 0 amide bonds. The minimum absolute atomic E-state index is 0.00856. The molecule has 1 fully saturated rings. The summed E-state index contributed by atoms with van der Waals surface area (Å²) in [5, 5.41) is 0.595. The van der Waals surface area contributed by atoms with Crippen molar-refractivity contribution < 1.29 is 19.1 Å². The lowest BCUT2D eigenvalue weighted by atomic mass is 10.2. The fourth-order valence-corrected chi connectivity index (χ4v) is 3.82. The Morgan fingerprint density at radius 2 is 1.15 bits per heavy atom. The van der Waals surface area contributed by atoms with Gasteiger partial charge in [0.15, 0.2) is 0 Å². The molecule has 0 spiro atoms. The van der Waals surface area contributed by atoms with Crippen LogP contribution in [0.2, 0.25) is 10.0 Å². The quantitative estimate of drug-likeness (QED) is 0.437. The van der Waals surface area contributed by atoms with Crippen LogP contribution in [0.1, 0.15) is 20.7 Å². The van der Waals surface area contributed by atoms with Crippen LogP contribution >= 0.6 is 46.4 Å². The predicted molar refractivity (Wildman–Crippen MR) is 105 cm³/mol. The van der Waals surface area contributed by atoms with Crippen LogP contribution in [0, 0.1) is 11.8 Å². The van der Waals surface area contributed by atoms with Crippen LogP contribution in [0.15, 0.2) is 48.5 Å². The highest BCUT2D eigenvalue weighted by molar-refractivity contribution is 6.51. The molecule has 1 saturated carbocycles. The molecule has 8 heteroatoms. The van der Waals surface area contributed by atoms with Gasteiger partial charge in [0.1, 0.15) is 4.33 Å². The normalized spacial score (nSPS) is 20.0. The molecule has 0 N–H and O–H groups in total. The summed E-state index contributed by atoms with van der Waals surface area (Å²) in [6.45, 7) is -0.0171. The second-order valence-electron chi connectivity index (χ2n) is 6.04. The van der Waals surface area contributed by atoms with E-state index in [2.05, 4.69) is 0 Å². The molecule has 2 aromatic carbocycles. The molecule has 0 aliphatic heterocycles. The SMILES string of the molecule is O=C(OC[C@@H]1[C@H](COC(=O)c2ccccc2Cl)C1(Cl)Cl)c1ccccc1Cl. The molecule has 0 heterocycles. The Labute approximate surface area is 176 Å². The van der Waals surface area contributed by atoms with E-state index in [1.165, 1.54) is 0 Å². The maximum atomic E-state index is 12.1. The number of benzene rings is 2. The number of carbonyl (C=O) groups excluding carboxylic acids is 2. The number of hydrogen-bond acceptors (Lipinski definition) is 4. The third kappa shape index (κ3) is 4.52. The van der Waals surface area contributed by atoms with Gasteiger partial charge in [-0.2, -0.15) is 0 Å². The molecule has 2 aromatic rings. The first kappa shape index (κ1) is 20.3. The number of alkyl halides is 2. The molecule has 0 unspecified atom stereocenters. The van der Waals surface area contributed by atoms with Gasteiger partial charge in [-0.15, -0.1) is 23.2 Å². The fraction of sp³-hybridized carbons (Fsp3) is 0.263. The van der Waals surface area contributed by atoms with Crippen LogP contribution in [0.25, 0.3) is 0 Å². The van der Waals surface area contributed by atoms with Crippen molar-refractivity contribution in [2.24, 2.45) is 11.8 Å². The number of carbonyl (C=O) groups is 2. The Bertz CT molecular complexity index is 799. The summed E-state index contributed by atoms with van der Waals surface area (Å²) in [5.74, 6) is -1.84. The first-order valence-electron chi connectivity index (χ1n) is 8.03. The molecule has 4 nitrogen and oxygen atoms in total. The first-order valence-corrected chi connectivity index (χ1v) is 9.54. The molecular weight excluding hydrogens is 434 g/mol. The van der Waals surface area contributed by atoms with Crippen LogP contribution in [-0.4, -0.2) is 29.5 Å². The monoisotopic (exact) mass is 446 g/mol. The van der Waals surface area contributed by atoms with Gasteiger partial charge in [-0.05, 0) is 24.3 Å². The van der Waals surface area contributed by atoms with Gasteiger partial charge in [0.05, 0.1) is 34.4 Å². The first-order chi connectivity index (χ1) is 12.8. The molecule has 2 atom stereocenters. The van der Waals surface area contributed by atoms with Gasteiger partial charge < -0.3 is 9.47 Å². The second kappa shape index (κ2) is 8.27. The van der Waals surface area contributed by atoms with Gasteiger partial charge in [0.25, 0.3) is 0 Å². The number of esters is 2. The number of rotatable bonds is 6. The topological polar surface area (TPSA) is 52.6 Å². The fourth-order valence-electron chi connectivity index (χ4n) is 2.66. The minimum Gasteiger partial charge on any atom is -0.462 e. The minimum atomic E-state index is -1.14. The third-order valence-corrected chi connectivity index (χ3v) is 6.12. The Morgan fingerprint density at radius 1 is 0.778 bits per heavy atom. The maximum Gasteiger partial charge on any atom is 0.339 e. The smallest absolute Gasteiger partial charge is 0.339 e. The van der Waals surface area contributed by atoms with Crippen LogP contribution in [0.5, 0.6) is 0 Å². The van der Waals surface area contributed by atoms with Crippen LogP contribution in [-0.2, 0) is 9.47 Å². The van der Waals surface area contributed by atoms with Gasteiger partial charge in [0, 0.05) is 11.8 Å². The molecule has 0 bridgehead atoms. The number of hydrogen-bond donors (Lipinski definition) is 0. The molecule has 0 saturated heterocycles. The zero-order valence-corrected chi connectivity index (χ0v) is 16.9. The molecule has 1 aliphatic carbocycles. The summed E-state index contributed by atoms with van der Waals surface area (Å²) in [4.78, 5) is 24.2. The van der Waals surface area contributed by atoms with Gasteiger partial charge in [-0.1, -0.05) is 47.5 Å². The Kier molecular flexibility index (Phi) is 6.21. The molecule has 27 heavy (non-hydrogen) atoms. The summed E-state index contributed by atoms with van der Waals surface area (Å²) < 4.78 is 9.37. The number of halogens is 4. The summed E-state index contributed by atoms with van der Waals surface area (Å²) in [7, 11) is 0. The highest BCUT2D eigenvalue weighted by atomic mass is 35.5. The summed E-state index contributed by atoms with van der Waals surface area (Å²) in [6, 6.07) is 13.1. The lowest BCUT2D eigenvalue weighted by Crippen LogP contribution is -2.12. The van der Waals surface area contributed by atoms with E-state index in [0.717, 1.165) is 0 Å². The van der Waals surface area contributed by atoms with E-state index in [1.54, 1.807) is 48.5 Å². The highest BCUT2D eigenvalue weighted by Crippen LogP contribution is 2.59. The molecule has 1 aliphatic rings. The van der Waals surface area contributed by atoms with Crippen LogP contribution < -0.4 is 0 Å². The summed E-state index contributed by atoms with van der Waals surface area (Å²) in [5.41, 5.74) is 0.521. The molecule has 0 aromatic heterocycles. The van der Waals surface area contributed by atoms with Crippen LogP contribution in [0.4, 0.5) is 0 Å². The maximum absolute atomic E-state index is 12.1. The van der Waals surface area contributed by atoms with Crippen molar-refractivity contribution in [1.82, 2.24) is 0 Å². The van der Waals surface area contributed by atoms with E-state index in [0.29, 0.717) is 10.0 Å². The van der Waals surface area contributed by atoms with Gasteiger partial charge in [-0.25, -0.2) is 9.59 Å². The van der Waals surface area contributed by atoms with Crippen molar-refractivity contribution in [3.63, 3.8) is 0 Å². The van der Waals surface area contributed by atoms with E-state index in [-0.39, 0.29) is 36.2 Å². The highest BCUT2D eigenvalue weighted by Gasteiger charge is 2.64. The molecule has 3 rings (SSSR count). The van der Waals surface area contributed by atoms with Gasteiger partial charge >= 0.3 is 11.9 Å². The molecule has 0 radical (unpaired) electrons. The van der Waals surface area contributed by atoms with E-state index < -0.39 is 16.3 Å². The van der Waals surface area contributed by atoms with Crippen molar-refractivity contribution >= 4 is 58.3 Å². The second-order valence-corrected chi connectivity index (χ2v) is 8.30. The lowest BCUT2D eigenvalue weighted by molar-refractivity contribution is 0.0419.